The molecular weight excluding hydrogens is 330 g/mol. The van der Waals surface area contributed by atoms with Crippen LogP contribution in [0.15, 0.2) is 23.8 Å². The summed E-state index contributed by atoms with van der Waals surface area (Å²) in [5.41, 5.74) is 0.557. The minimum absolute atomic E-state index is 0.0285. The number of likely N-dealkylation sites (N-methyl/N-ethyl adjacent to an activating group) is 1. The Morgan fingerprint density at radius 2 is 2.08 bits per heavy atom. The van der Waals surface area contributed by atoms with Crippen LogP contribution in [0.3, 0.4) is 0 Å². The molecule has 1 aromatic carbocycles. The van der Waals surface area contributed by atoms with Crippen molar-refractivity contribution in [3.63, 3.8) is 0 Å². The first-order valence-corrected chi connectivity index (χ1v) is 7.50. The van der Waals surface area contributed by atoms with Gasteiger partial charge in [0.2, 0.25) is 0 Å². The van der Waals surface area contributed by atoms with Crippen LogP contribution in [-0.2, 0) is 9.59 Å². The smallest absolute Gasteiger partial charge is 0.265 e. The zero-order chi connectivity index (χ0) is 17.7. The van der Waals surface area contributed by atoms with Crippen LogP contribution >= 0.6 is 12.2 Å². The second-order valence-electron chi connectivity index (χ2n) is 4.77. The van der Waals surface area contributed by atoms with E-state index >= 15 is 0 Å². The highest BCUT2D eigenvalue weighted by Crippen LogP contribution is 2.29. The molecule has 2 amide bonds. The summed E-state index contributed by atoms with van der Waals surface area (Å²) in [7, 11) is 1.49. The number of thiocarbonyl (C=S) groups is 1. The number of hydrogen-bond donors (Lipinski definition) is 1. The molecule has 1 aromatic rings. The average molecular weight is 345 g/mol. The van der Waals surface area contributed by atoms with E-state index in [1.54, 1.807) is 18.2 Å². The number of hydrogen-bond acceptors (Lipinski definition) is 6. The van der Waals surface area contributed by atoms with Crippen LogP contribution in [-0.4, -0.2) is 42.1 Å². The number of benzene rings is 1. The molecule has 7 nitrogen and oxygen atoms in total. The fourth-order valence-corrected chi connectivity index (χ4v) is 2.20. The van der Waals surface area contributed by atoms with Gasteiger partial charge in [-0.15, -0.1) is 0 Å². The van der Waals surface area contributed by atoms with E-state index in [0.717, 1.165) is 0 Å². The third-order valence-corrected chi connectivity index (χ3v) is 3.55. The van der Waals surface area contributed by atoms with Gasteiger partial charge in [0.05, 0.1) is 6.61 Å². The lowest BCUT2D eigenvalue weighted by Gasteiger charge is -2.25. The minimum atomic E-state index is -0.550. The Bertz CT molecular complexity index is 767. The van der Waals surface area contributed by atoms with Crippen molar-refractivity contribution in [3.8, 4) is 17.6 Å². The molecule has 124 valence electrons. The third-order valence-electron chi connectivity index (χ3n) is 3.18. The van der Waals surface area contributed by atoms with Gasteiger partial charge in [0.15, 0.2) is 23.2 Å². The maximum Gasteiger partial charge on any atom is 0.265 e. The van der Waals surface area contributed by atoms with Crippen LogP contribution in [0, 0.1) is 11.3 Å². The van der Waals surface area contributed by atoms with Crippen LogP contribution < -0.4 is 14.8 Å². The monoisotopic (exact) mass is 345 g/mol. The first kappa shape index (κ1) is 17.4. The summed E-state index contributed by atoms with van der Waals surface area (Å²) in [5.74, 6) is -0.190. The van der Waals surface area contributed by atoms with Crippen molar-refractivity contribution in [2.24, 2.45) is 0 Å². The molecule has 24 heavy (non-hydrogen) atoms. The average Bonchev–Trinajstić information content (AvgIpc) is 2.56. The molecule has 1 fully saturated rings. The molecule has 0 aromatic heterocycles. The molecule has 1 aliphatic heterocycles. The molecule has 1 saturated heterocycles. The van der Waals surface area contributed by atoms with Gasteiger partial charge in [-0.2, -0.15) is 5.26 Å². The first-order chi connectivity index (χ1) is 11.5. The molecule has 1 heterocycles. The number of carbonyl (C=O) groups excluding carboxylic acids is 2. The van der Waals surface area contributed by atoms with Crippen molar-refractivity contribution in [1.82, 2.24) is 10.2 Å². The molecule has 0 unspecified atom stereocenters. The van der Waals surface area contributed by atoms with Crippen molar-refractivity contribution in [2.75, 3.05) is 20.3 Å². The van der Waals surface area contributed by atoms with E-state index in [2.05, 4.69) is 5.32 Å². The molecule has 1 N–H and O–H groups in total. The molecule has 0 aliphatic carbocycles. The van der Waals surface area contributed by atoms with Gasteiger partial charge in [-0.25, -0.2) is 0 Å². The molecule has 0 bridgehead atoms. The lowest BCUT2D eigenvalue weighted by molar-refractivity contribution is -0.128. The summed E-state index contributed by atoms with van der Waals surface area (Å²) < 4.78 is 10.8. The van der Waals surface area contributed by atoms with Crippen LogP contribution in [0.5, 0.6) is 11.5 Å². The highest BCUT2D eigenvalue weighted by molar-refractivity contribution is 7.80. The Balaban J connectivity index is 2.36. The van der Waals surface area contributed by atoms with Gasteiger partial charge in [-0.3, -0.25) is 19.8 Å². The number of nitrogens with one attached hydrogen (secondary N) is 1. The van der Waals surface area contributed by atoms with Gasteiger partial charge in [-0.05, 0) is 42.9 Å². The summed E-state index contributed by atoms with van der Waals surface area (Å²) in [5, 5.41) is 11.1. The third kappa shape index (κ3) is 3.70. The first-order valence-electron chi connectivity index (χ1n) is 7.09. The summed E-state index contributed by atoms with van der Waals surface area (Å²) in [6.45, 7) is 2.11. The van der Waals surface area contributed by atoms with E-state index in [4.69, 9.17) is 27.0 Å². The number of rotatable bonds is 5. The normalized spacial score (nSPS) is 16.0. The molecule has 0 saturated carbocycles. The predicted molar refractivity (Wildman–Crippen MR) is 90.2 cm³/mol. The van der Waals surface area contributed by atoms with Crippen LogP contribution in [0.4, 0.5) is 0 Å². The van der Waals surface area contributed by atoms with E-state index < -0.39 is 11.8 Å². The highest BCUT2D eigenvalue weighted by atomic mass is 32.1. The molecular formula is C16H15N3O4S. The van der Waals surface area contributed by atoms with Crippen LogP contribution in [0.25, 0.3) is 6.08 Å². The number of nitriles is 1. The van der Waals surface area contributed by atoms with Gasteiger partial charge in [0.1, 0.15) is 11.6 Å². The fraction of sp³-hybridized carbons (Fsp3) is 0.250. The van der Waals surface area contributed by atoms with Gasteiger partial charge in [0.25, 0.3) is 11.8 Å². The van der Waals surface area contributed by atoms with Crippen molar-refractivity contribution >= 4 is 35.2 Å². The van der Waals surface area contributed by atoms with Crippen molar-refractivity contribution < 1.29 is 19.1 Å². The Morgan fingerprint density at radius 3 is 2.75 bits per heavy atom. The zero-order valence-electron chi connectivity index (χ0n) is 13.2. The van der Waals surface area contributed by atoms with Crippen molar-refractivity contribution in [3.05, 3.63) is 29.3 Å². The van der Waals surface area contributed by atoms with Gasteiger partial charge in [0, 0.05) is 7.05 Å². The van der Waals surface area contributed by atoms with E-state index in [-0.39, 0.29) is 17.3 Å². The number of carbonyl (C=O) groups is 2. The number of amides is 2. The Morgan fingerprint density at radius 1 is 1.33 bits per heavy atom. The van der Waals surface area contributed by atoms with Crippen molar-refractivity contribution in [1.29, 1.82) is 5.26 Å². The summed E-state index contributed by atoms with van der Waals surface area (Å²) in [6.07, 6.45) is 1.45. The number of nitrogens with zero attached hydrogens (tertiary/aromatic N) is 2. The zero-order valence-corrected chi connectivity index (χ0v) is 14.0. The van der Waals surface area contributed by atoms with Gasteiger partial charge < -0.3 is 9.47 Å². The van der Waals surface area contributed by atoms with E-state index in [9.17, 15) is 9.59 Å². The lowest BCUT2D eigenvalue weighted by Crippen LogP contribution is -2.52. The predicted octanol–water partition coefficient (Wildman–Crippen LogP) is 1.24. The SMILES string of the molecule is CCOc1cc(/C=C2\C(=O)NC(=S)N(C)C2=O)ccc1OCC#N. The second kappa shape index (κ2) is 7.57. The van der Waals surface area contributed by atoms with E-state index in [1.165, 1.54) is 18.0 Å². The molecule has 1 aliphatic rings. The lowest BCUT2D eigenvalue weighted by atomic mass is 10.1. The van der Waals surface area contributed by atoms with Crippen molar-refractivity contribution in [2.45, 2.75) is 6.92 Å². The van der Waals surface area contributed by atoms with Crippen LogP contribution in [0.2, 0.25) is 0 Å². The van der Waals surface area contributed by atoms with Gasteiger partial charge >= 0.3 is 0 Å². The minimum Gasteiger partial charge on any atom is -0.490 e. The summed E-state index contributed by atoms with van der Waals surface area (Å²) >= 11 is 4.90. The standard InChI is InChI=1S/C16H15N3O4S/c1-3-22-13-9-10(4-5-12(13)23-7-6-17)8-11-14(20)18-16(24)19(2)15(11)21/h4-5,8-9H,3,7H2,1-2H3,(H,18,20,24)/b11-8+. The largest absolute Gasteiger partial charge is 0.490 e. The molecule has 0 radical (unpaired) electrons. The quantitative estimate of drug-likeness (QED) is 0.490. The molecule has 0 spiro atoms. The summed E-state index contributed by atoms with van der Waals surface area (Å²) in [6, 6.07) is 6.80. The molecule has 0 atom stereocenters. The Labute approximate surface area is 144 Å². The van der Waals surface area contributed by atoms with E-state index in [1.807, 2.05) is 13.0 Å². The van der Waals surface area contributed by atoms with Gasteiger partial charge in [-0.1, -0.05) is 6.07 Å². The highest BCUT2D eigenvalue weighted by Gasteiger charge is 2.30. The molecule has 8 heteroatoms. The Hall–Kier alpha value is -2.92. The summed E-state index contributed by atoms with van der Waals surface area (Å²) in [4.78, 5) is 25.4. The Kier molecular flexibility index (Phi) is 5.50. The van der Waals surface area contributed by atoms with Crippen LogP contribution in [0.1, 0.15) is 12.5 Å². The topological polar surface area (TPSA) is 91.7 Å². The van der Waals surface area contributed by atoms with E-state index in [0.29, 0.717) is 23.7 Å². The number of ether oxygens (including phenoxy) is 2. The maximum absolute atomic E-state index is 12.2. The second-order valence-corrected chi connectivity index (χ2v) is 5.15. The molecule has 2 rings (SSSR count). The maximum atomic E-state index is 12.2. The fourth-order valence-electron chi connectivity index (χ4n) is 2.02.